The first-order chi connectivity index (χ1) is 24.7. The van der Waals surface area contributed by atoms with Crippen molar-refractivity contribution in [2.45, 2.75) is 257 Å². The number of unbranched alkanes of at least 4 members (excludes halogenated alkanes) is 30. The molecule has 2 unspecified atom stereocenters. The second kappa shape index (κ2) is 42.3. The van der Waals surface area contributed by atoms with E-state index in [-0.39, 0.29) is 12.5 Å². The number of carbonyl (C=O) groups is 1. The van der Waals surface area contributed by atoms with E-state index in [2.05, 4.69) is 43.5 Å². The number of rotatable bonds is 41. The van der Waals surface area contributed by atoms with Crippen molar-refractivity contribution >= 4 is 5.91 Å². The van der Waals surface area contributed by atoms with E-state index in [1.165, 1.54) is 186 Å². The normalized spacial score (nSPS) is 13.1. The van der Waals surface area contributed by atoms with E-state index >= 15 is 0 Å². The third-order valence-electron chi connectivity index (χ3n) is 10.5. The maximum Gasteiger partial charge on any atom is 0.220 e. The third-order valence-corrected chi connectivity index (χ3v) is 10.5. The minimum absolute atomic E-state index is 0.0353. The molecule has 296 valence electrons. The summed E-state index contributed by atoms with van der Waals surface area (Å²) >= 11 is 0. The quantitative estimate of drug-likeness (QED) is 0.0438. The Bertz CT molecular complexity index is 720. The zero-order valence-electron chi connectivity index (χ0n) is 33.9. The maximum atomic E-state index is 12.3. The molecule has 4 heteroatoms. The molecular formula is C46H89NO3. The fraction of sp³-hybridized carbons (Fsp3) is 0.891. The molecule has 0 saturated carbocycles. The van der Waals surface area contributed by atoms with Crippen LogP contribution in [-0.4, -0.2) is 34.9 Å². The molecule has 0 aromatic carbocycles. The molecule has 4 nitrogen and oxygen atoms in total. The predicted octanol–water partition coefficient (Wildman–Crippen LogP) is 14.0. The van der Waals surface area contributed by atoms with E-state index in [4.69, 9.17) is 0 Å². The van der Waals surface area contributed by atoms with Crippen molar-refractivity contribution in [1.82, 2.24) is 5.32 Å². The summed E-state index contributed by atoms with van der Waals surface area (Å²) in [4.78, 5) is 12.3. The standard InChI is InChI=1S/C46H89NO3/c1-3-5-7-9-10-11-12-13-14-15-16-17-18-19-20-21-22-23-24-25-26-27-28-29-30-31-32-33-34-35-36-38-40-42-46(50)47-44(43-48)45(49)41-39-37-8-6-4-2/h12-13,15-16,44-45,48-49H,3-11,14,17-43H2,1-2H3,(H,47,50)/b13-12-,16-15-. The molecule has 0 fully saturated rings. The first kappa shape index (κ1) is 48.9. The van der Waals surface area contributed by atoms with Crippen molar-refractivity contribution in [2.75, 3.05) is 6.61 Å². The van der Waals surface area contributed by atoms with E-state index in [9.17, 15) is 15.0 Å². The van der Waals surface area contributed by atoms with Crippen LogP contribution >= 0.6 is 0 Å². The van der Waals surface area contributed by atoms with Crippen LogP contribution < -0.4 is 5.32 Å². The van der Waals surface area contributed by atoms with Crippen molar-refractivity contribution in [2.24, 2.45) is 0 Å². The SMILES string of the molecule is CCCCCCC/C=C\C/C=C\CCCCCCCCCCCCCCCCCCCCCCCC(=O)NC(CO)C(O)CCCCCCC. The molecule has 50 heavy (non-hydrogen) atoms. The highest BCUT2D eigenvalue weighted by Gasteiger charge is 2.19. The van der Waals surface area contributed by atoms with Crippen molar-refractivity contribution in [3.05, 3.63) is 24.3 Å². The lowest BCUT2D eigenvalue weighted by Gasteiger charge is -2.22. The number of allylic oxidation sites excluding steroid dienone is 4. The van der Waals surface area contributed by atoms with E-state index in [1.807, 2.05) is 0 Å². The van der Waals surface area contributed by atoms with Crippen LogP contribution in [0.1, 0.15) is 245 Å². The molecule has 0 radical (unpaired) electrons. The van der Waals surface area contributed by atoms with Crippen LogP contribution in [-0.2, 0) is 4.79 Å². The Balaban J connectivity index is 3.32. The topological polar surface area (TPSA) is 69.6 Å². The van der Waals surface area contributed by atoms with Gasteiger partial charge < -0.3 is 15.5 Å². The van der Waals surface area contributed by atoms with Gasteiger partial charge in [0.2, 0.25) is 5.91 Å². The molecule has 0 heterocycles. The largest absolute Gasteiger partial charge is 0.394 e. The van der Waals surface area contributed by atoms with Crippen LogP contribution in [0.25, 0.3) is 0 Å². The molecule has 0 spiro atoms. The minimum atomic E-state index is -0.652. The molecule has 0 rings (SSSR count). The molecular weight excluding hydrogens is 615 g/mol. The highest BCUT2D eigenvalue weighted by atomic mass is 16.3. The molecule has 0 aromatic rings. The monoisotopic (exact) mass is 704 g/mol. The second-order valence-electron chi connectivity index (χ2n) is 15.5. The number of nitrogens with one attached hydrogen (secondary N) is 1. The summed E-state index contributed by atoms with van der Waals surface area (Å²) in [6.45, 7) is 4.28. The average Bonchev–Trinajstić information content (AvgIpc) is 3.12. The zero-order chi connectivity index (χ0) is 36.4. The first-order valence-electron chi connectivity index (χ1n) is 22.5. The zero-order valence-corrected chi connectivity index (χ0v) is 33.9. The third kappa shape index (κ3) is 38.1. The van der Waals surface area contributed by atoms with Crippen LogP contribution in [0, 0.1) is 0 Å². The highest BCUT2D eigenvalue weighted by molar-refractivity contribution is 5.76. The van der Waals surface area contributed by atoms with Gasteiger partial charge in [0.05, 0.1) is 18.8 Å². The summed E-state index contributed by atoms with van der Waals surface area (Å²) in [6, 6.07) is -0.528. The number of aliphatic hydroxyl groups excluding tert-OH is 2. The van der Waals surface area contributed by atoms with Crippen LogP contribution in [0.3, 0.4) is 0 Å². The number of hydrogen-bond acceptors (Lipinski definition) is 3. The molecule has 0 aliphatic rings. The summed E-state index contributed by atoms with van der Waals surface area (Å²) in [5, 5.41) is 22.8. The number of aliphatic hydroxyl groups is 2. The number of amides is 1. The lowest BCUT2D eigenvalue weighted by molar-refractivity contribution is -0.123. The molecule has 0 aliphatic heterocycles. The molecule has 0 aliphatic carbocycles. The van der Waals surface area contributed by atoms with Gasteiger partial charge in [0, 0.05) is 6.42 Å². The van der Waals surface area contributed by atoms with Gasteiger partial charge in [-0.2, -0.15) is 0 Å². The van der Waals surface area contributed by atoms with Gasteiger partial charge in [-0.05, 0) is 44.9 Å². The predicted molar refractivity (Wildman–Crippen MR) is 221 cm³/mol. The summed E-state index contributed by atoms with van der Waals surface area (Å²) in [6.07, 6.45) is 54.6. The molecule has 0 bridgehead atoms. The van der Waals surface area contributed by atoms with Gasteiger partial charge in [0.25, 0.3) is 0 Å². The first-order valence-corrected chi connectivity index (χ1v) is 22.5. The second-order valence-corrected chi connectivity index (χ2v) is 15.5. The molecule has 3 N–H and O–H groups in total. The lowest BCUT2D eigenvalue weighted by Crippen LogP contribution is -2.45. The summed E-state index contributed by atoms with van der Waals surface area (Å²) in [5.74, 6) is -0.0353. The van der Waals surface area contributed by atoms with Gasteiger partial charge in [-0.1, -0.05) is 218 Å². The van der Waals surface area contributed by atoms with Crippen molar-refractivity contribution in [3.63, 3.8) is 0 Å². The van der Waals surface area contributed by atoms with E-state index in [0.717, 1.165) is 32.1 Å². The Morgan fingerprint density at radius 3 is 1.20 bits per heavy atom. The maximum absolute atomic E-state index is 12.3. The Morgan fingerprint density at radius 1 is 0.480 bits per heavy atom. The minimum Gasteiger partial charge on any atom is -0.394 e. The summed E-state index contributed by atoms with van der Waals surface area (Å²) < 4.78 is 0. The Morgan fingerprint density at radius 2 is 0.820 bits per heavy atom. The van der Waals surface area contributed by atoms with Gasteiger partial charge in [0.15, 0.2) is 0 Å². The fourth-order valence-corrected chi connectivity index (χ4v) is 6.98. The molecule has 0 aromatic heterocycles. The van der Waals surface area contributed by atoms with Gasteiger partial charge in [-0.25, -0.2) is 0 Å². The van der Waals surface area contributed by atoms with Crippen LogP contribution in [0.15, 0.2) is 24.3 Å². The molecule has 0 saturated heterocycles. The van der Waals surface area contributed by atoms with Crippen molar-refractivity contribution in [1.29, 1.82) is 0 Å². The lowest BCUT2D eigenvalue weighted by atomic mass is 10.0. The number of hydrogen-bond donors (Lipinski definition) is 3. The van der Waals surface area contributed by atoms with Crippen LogP contribution in [0.2, 0.25) is 0 Å². The van der Waals surface area contributed by atoms with Gasteiger partial charge in [-0.15, -0.1) is 0 Å². The van der Waals surface area contributed by atoms with Crippen molar-refractivity contribution in [3.8, 4) is 0 Å². The molecule has 2 atom stereocenters. The Kier molecular flexibility index (Phi) is 41.3. The summed E-state index contributed by atoms with van der Waals surface area (Å²) in [5.41, 5.74) is 0. The van der Waals surface area contributed by atoms with E-state index < -0.39 is 12.1 Å². The highest BCUT2D eigenvalue weighted by Crippen LogP contribution is 2.16. The van der Waals surface area contributed by atoms with Gasteiger partial charge in [0.1, 0.15) is 0 Å². The molecule has 1 amide bonds. The van der Waals surface area contributed by atoms with Crippen LogP contribution in [0.5, 0.6) is 0 Å². The van der Waals surface area contributed by atoms with E-state index in [1.54, 1.807) is 0 Å². The van der Waals surface area contributed by atoms with Gasteiger partial charge >= 0.3 is 0 Å². The Labute approximate surface area is 313 Å². The Hall–Kier alpha value is -1.13. The van der Waals surface area contributed by atoms with Gasteiger partial charge in [-0.3, -0.25) is 4.79 Å². The average molecular weight is 704 g/mol. The van der Waals surface area contributed by atoms with Crippen LogP contribution in [0.4, 0.5) is 0 Å². The fourth-order valence-electron chi connectivity index (χ4n) is 6.98. The van der Waals surface area contributed by atoms with Crippen molar-refractivity contribution < 1.29 is 15.0 Å². The smallest absolute Gasteiger partial charge is 0.220 e. The van der Waals surface area contributed by atoms with E-state index in [0.29, 0.717) is 12.8 Å². The summed E-state index contributed by atoms with van der Waals surface area (Å²) in [7, 11) is 0. The number of carbonyl (C=O) groups excluding carboxylic acids is 1.